The van der Waals surface area contributed by atoms with Gasteiger partial charge in [-0.05, 0) is 0 Å². The van der Waals surface area contributed by atoms with E-state index in [1.54, 1.807) is 13.3 Å². The van der Waals surface area contributed by atoms with Gasteiger partial charge in [0.1, 0.15) is 0 Å². The second-order valence-electron chi connectivity index (χ2n) is 12.7. The van der Waals surface area contributed by atoms with Crippen molar-refractivity contribution in [1.29, 1.82) is 0 Å². The first-order valence-corrected chi connectivity index (χ1v) is 24.3. The fourth-order valence-corrected chi connectivity index (χ4v) is 14.0. The van der Waals surface area contributed by atoms with Crippen LogP contribution in [0.3, 0.4) is 0 Å². The van der Waals surface area contributed by atoms with Crippen LogP contribution in [0.4, 0.5) is 0 Å². The third-order valence-electron chi connectivity index (χ3n) is 8.37. The molecule has 0 rings (SSSR count). The molecule has 0 N–H and O–H groups in total. The quantitative estimate of drug-likeness (QED) is 0.0512. The molecule has 3 nitrogen and oxygen atoms in total. The van der Waals surface area contributed by atoms with Gasteiger partial charge < -0.3 is 0 Å². The standard InChI is InChI=1S/3C12H25O.Sn/c3*1-4-6-8-9-11-13-12(3)10-7-5-2;/h3*12H,1,4-11H2,2-3H3;/q;;;+1. The van der Waals surface area contributed by atoms with Gasteiger partial charge >= 0.3 is 262 Å². The number of unbranched alkanes of at least 4 members (excludes halogenated alkanes) is 12. The van der Waals surface area contributed by atoms with E-state index < -0.39 is 19.8 Å². The number of hydrogen-bond acceptors (Lipinski definition) is 3. The fourth-order valence-electron chi connectivity index (χ4n) is 5.45. The summed E-state index contributed by atoms with van der Waals surface area (Å²) >= 11 is -1.23. The van der Waals surface area contributed by atoms with Crippen LogP contribution in [0.15, 0.2) is 0 Å². The Morgan fingerprint density at radius 3 is 0.925 bits per heavy atom. The molecule has 0 heterocycles. The van der Waals surface area contributed by atoms with Gasteiger partial charge in [0.15, 0.2) is 0 Å². The Morgan fingerprint density at radius 1 is 0.375 bits per heavy atom. The van der Waals surface area contributed by atoms with Gasteiger partial charge in [0.25, 0.3) is 0 Å². The Labute approximate surface area is 260 Å². The van der Waals surface area contributed by atoms with E-state index in [2.05, 4.69) is 41.5 Å². The third-order valence-corrected chi connectivity index (χ3v) is 17.5. The van der Waals surface area contributed by atoms with E-state index in [0.29, 0.717) is 18.3 Å². The average Bonchev–Trinajstić information content (AvgIpc) is 2.95. The molecule has 3 atom stereocenters. The molecule has 0 saturated carbocycles. The molecule has 0 fully saturated rings. The van der Waals surface area contributed by atoms with E-state index in [-0.39, 0.29) is 0 Å². The molecule has 0 aromatic rings. The molecule has 0 aromatic carbocycles. The molecule has 0 aliphatic heterocycles. The van der Waals surface area contributed by atoms with Crippen LogP contribution >= 0.6 is 0 Å². The van der Waals surface area contributed by atoms with Crippen molar-refractivity contribution in [2.24, 2.45) is 0 Å². The number of rotatable bonds is 33. The first kappa shape index (κ1) is 40.7. The van der Waals surface area contributed by atoms with Gasteiger partial charge in [0.05, 0.1) is 0 Å². The van der Waals surface area contributed by atoms with E-state index in [0.717, 1.165) is 19.8 Å². The summed E-state index contributed by atoms with van der Waals surface area (Å²) in [6, 6.07) is 0. The van der Waals surface area contributed by atoms with Crippen LogP contribution in [-0.2, 0) is 14.2 Å². The Bertz CT molecular complexity index is 408. The number of ether oxygens (including phenoxy) is 3. The number of hydrogen-bond donors (Lipinski definition) is 0. The van der Waals surface area contributed by atoms with Crippen LogP contribution in [0.5, 0.6) is 0 Å². The van der Waals surface area contributed by atoms with E-state index in [9.17, 15) is 0 Å². The molecule has 0 aliphatic carbocycles. The van der Waals surface area contributed by atoms with Crippen molar-refractivity contribution in [2.45, 2.75) is 208 Å². The first-order valence-electron chi connectivity index (χ1n) is 18.2. The molecule has 0 amide bonds. The summed E-state index contributed by atoms with van der Waals surface area (Å²) in [6.45, 7) is 16.5. The van der Waals surface area contributed by atoms with Gasteiger partial charge in [-0.2, -0.15) is 0 Å². The molecular weight excluding hydrogens is 599 g/mol. The van der Waals surface area contributed by atoms with Crippen molar-refractivity contribution >= 4 is 19.8 Å². The normalized spacial score (nSPS) is 13.9. The third kappa shape index (κ3) is 30.1. The Balaban J connectivity index is 4.07. The molecule has 4 heteroatoms. The molecular formula is C36H75O3Sn+. The zero-order chi connectivity index (χ0) is 29.5. The van der Waals surface area contributed by atoms with Gasteiger partial charge in [0, 0.05) is 0 Å². The predicted octanol–water partition coefficient (Wildman–Crippen LogP) is 11.9. The van der Waals surface area contributed by atoms with Crippen molar-refractivity contribution < 1.29 is 14.2 Å². The predicted molar refractivity (Wildman–Crippen MR) is 180 cm³/mol. The van der Waals surface area contributed by atoms with E-state index in [1.165, 1.54) is 135 Å². The molecule has 0 aliphatic rings. The summed E-state index contributed by atoms with van der Waals surface area (Å²) in [5.74, 6) is 0. The second-order valence-corrected chi connectivity index (χ2v) is 21.3. The van der Waals surface area contributed by atoms with Crippen LogP contribution in [0.25, 0.3) is 0 Å². The molecule has 0 spiro atoms. The van der Waals surface area contributed by atoms with E-state index >= 15 is 0 Å². The summed E-state index contributed by atoms with van der Waals surface area (Å²) in [7, 11) is 0. The molecule has 40 heavy (non-hydrogen) atoms. The van der Waals surface area contributed by atoms with Crippen LogP contribution in [0.2, 0.25) is 13.3 Å². The minimum atomic E-state index is -1.23. The van der Waals surface area contributed by atoms with Crippen molar-refractivity contribution in [3.05, 3.63) is 0 Å². The fraction of sp³-hybridized carbons (Fsp3) is 1.00. The van der Waals surface area contributed by atoms with E-state index in [4.69, 9.17) is 14.2 Å². The zero-order valence-electron chi connectivity index (χ0n) is 28.5. The second kappa shape index (κ2) is 32.6. The molecule has 0 radical (unpaired) electrons. The summed E-state index contributed by atoms with van der Waals surface area (Å²) in [5, 5.41) is 0. The van der Waals surface area contributed by atoms with Crippen LogP contribution in [0, 0.1) is 0 Å². The van der Waals surface area contributed by atoms with Crippen molar-refractivity contribution in [3.8, 4) is 0 Å². The summed E-state index contributed by atoms with van der Waals surface area (Å²) in [6.07, 6.45) is 29.4. The van der Waals surface area contributed by atoms with Crippen molar-refractivity contribution in [1.82, 2.24) is 0 Å². The molecule has 240 valence electrons. The van der Waals surface area contributed by atoms with Gasteiger partial charge in [-0.3, -0.25) is 0 Å². The topological polar surface area (TPSA) is 27.7 Å². The monoisotopic (exact) mass is 675 g/mol. The summed E-state index contributed by atoms with van der Waals surface area (Å²) in [4.78, 5) is 0. The van der Waals surface area contributed by atoms with Gasteiger partial charge in [-0.15, -0.1) is 0 Å². The van der Waals surface area contributed by atoms with Crippen LogP contribution < -0.4 is 0 Å². The molecule has 0 bridgehead atoms. The first-order chi connectivity index (χ1) is 19.5. The zero-order valence-corrected chi connectivity index (χ0v) is 31.4. The van der Waals surface area contributed by atoms with Crippen LogP contribution in [-0.4, -0.2) is 57.9 Å². The maximum atomic E-state index is 6.01. The average molecular weight is 675 g/mol. The van der Waals surface area contributed by atoms with Crippen molar-refractivity contribution in [2.75, 3.05) is 19.8 Å². The van der Waals surface area contributed by atoms with Crippen LogP contribution in [0.1, 0.15) is 176 Å². The SMILES string of the molecule is CCCCC(C)OCCCCC[CH2][Sn+]([CH2]CCCCCOC(C)CCCC)[CH2]CCCCCOC(C)CCCC. The van der Waals surface area contributed by atoms with Gasteiger partial charge in [-0.1, -0.05) is 0 Å². The Kier molecular flexibility index (Phi) is 33.1. The minimum absolute atomic E-state index is 0.451. The molecule has 0 saturated heterocycles. The Morgan fingerprint density at radius 2 is 0.650 bits per heavy atom. The Hall–Kier alpha value is 0.679. The van der Waals surface area contributed by atoms with Crippen molar-refractivity contribution in [3.63, 3.8) is 0 Å². The van der Waals surface area contributed by atoms with Gasteiger partial charge in [0.2, 0.25) is 0 Å². The maximum absolute atomic E-state index is 6.01. The summed E-state index contributed by atoms with van der Waals surface area (Å²) in [5.41, 5.74) is 0. The van der Waals surface area contributed by atoms with E-state index in [1.807, 2.05) is 0 Å². The molecule has 0 aromatic heterocycles. The summed E-state index contributed by atoms with van der Waals surface area (Å²) < 4.78 is 22.9. The van der Waals surface area contributed by atoms with Gasteiger partial charge in [-0.25, -0.2) is 0 Å². The molecule has 3 unspecified atom stereocenters.